The Morgan fingerprint density at radius 1 is 1.27 bits per heavy atom. The van der Waals surface area contributed by atoms with Crippen LogP contribution in [-0.4, -0.2) is 86.0 Å². The van der Waals surface area contributed by atoms with E-state index in [0.29, 0.717) is 30.8 Å². The Morgan fingerprint density at radius 3 is 2.85 bits per heavy atom. The number of ether oxygens (including phenoxy) is 2. The molecule has 0 unspecified atom stereocenters. The van der Waals surface area contributed by atoms with Crippen LogP contribution in [0.15, 0.2) is 24.3 Å². The van der Waals surface area contributed by atoms with E-state index in [4.69, 9.17) is 14.5 Å². The van der Waals surface area contributed by atoms with Crippen molar-refractivity contribution in [2.75, 3.05) is 59.4 Å². The number of unbranched alkanes of at least 4 members (excludes halogenated alkanes) is 2. The summed E-state index contributed by atoms with van der Waals surface area (Å²) in [5, 5.41) is 13.7. The summed E-state index contributed by atoms with van der Waals surface area (Å²) in [5.41, 5.74) is 3.54. The molecule has 1 saturated heterocycles. The van der Waals surface area contributed by atoms with Gasteiger partial charge in [-0.2, -0.15) is 0 Å². The van der Waals surface area contributed by atoms with Gasteiger partial charge in [0.25, 0.3) is 0 Å². The SMILES string of the molecule is COC[C@@H](C)c1cc(F)c(OC)c([C@@H](C(=O)O)N2CC[C@@H](N(C)CCCCCc3ccc4c(n3)NCCC4)C2)c1. The Morgan fingerprint density at radius 2 is 2.10 bits per heavy atom. The molecule has 8 nitrogen and oxygen atoms in total. The van der Waals surface area contributed by atoms with Crippen LogP contribution in [0, 0.1) is 5.82 Å². The maximum absolute atomic E-state index is 15.0. The van der Waals surface area contributed by atoms with Crippen LogP contribution in [0.5, 0.6) is 5.75 Å². The third-order valence-corrected chi connectivity index (χ3v) is 8.39. The van der Waals surface area contributed by atoms with Gasteiger partial charge in [-0.3, -0.25) is 9.69 Å². The fourth-order valence-corrected chi connectivity index (χ4v) is 6.07. The van der Waals surface area contributed by atoms with Crippen molar-refractivity contribution in [3.8, 4) is 5.75 Å². The van der Waals surface area contributed by atoms with Gasteiger partial charge in [0.1, 0.15) is 11.9 Å². The molecule has 0 bridgehead atoms. The molecule has 3 heterocycles. The highest BCUT2D eigenvalue weighted by Gasteiger charge is 2.37. The van der Waals surface area contributed by atoms with E-state index < -0.39 is 17.8 Å². The topological polar surface area (TPSA) is 87.2 Å². The van der Waals surface area contributed by atoms with E-state index >= 15 is 4.39 Å². The van der Waals surface area contributed by atoms with Crippen LogP contribution in [0.3, 0.4) is 0 Å². The number of carboxylic acids is 1. The highest BCUT2D eigenvalue weighted by Crippen LogP contribution is 2.37. The molecular weight excluding hydrogens is 511 g/mol. The summed E-state index contributed by atoms with van der Waals surface area (Å²) in [4.78, 5) is 21.6. The maximum Gasteiger partial charge on any atom is 0.325 e. The van der Waals surface area contributed by atoms with Crippen molar-refractivity contribution in [3.63, 3.8) is 0 Å². The number of nitrogens with zero attached hydrogens (tertiary/aromatic N) is 3. The molecule has 1 fully saturated rings. The predicted octanol–water partition coefficient (Wildman–Crippen LogP) is 4.88. The second-order valence-electron chi connectivity index (χ2n) is 11.3. The van der Waals surface area contributed by atoms with Gasteiger partial charge in [0.2, 0.25) is 0 Å². The highest BCUT2D eigenvalue weighted by atomic mass is 19.1. The van der Waals surface area contributed by atoms with E-state index in [1.54, 1.807) is 13.2 Å². The number of benzene rings is 1. The van der Waals surface area contributed by atoms with E-state index in [-0.39, 0.29) is 17.7 Å². The molecule has 0 spiro atoms. The van der Waals surface area contributed by atoms with E-state index in [0.717, 1.165) is 63.1 Å². The number of fused-ring (bicyclic) bond motifs is 1. The number of anilines is 1. The summed E-state index contributed by atoms with van der Waals surface area (Å²) in [6, 6.07) is 6.85. The number of pyridine rings is 1. The first-order valence-electron chi connectivity index (χ1n) is 14.6. The molecule has 2 N–H and O–H groups in total. The van der Waals surface area contributed by atoms with Gasteiger partial charge in [0.15, 0.2) is 11.6 Å². The number of nitrogens with one attached hydrogen (secondary N) is 1. The van der Waals surface area contributed by atoms with Gasteiger partial charge in [0, 0.05) is 50.0 Å². The Hall–Kier alpha value is -2.75. The molecule has 40 heavy (non-hydrogen) atoms. The first-order valence-corrected chi connectivity index (χ1v) is 14.6. The first kappa shape index (κ1) is 30.2. The second kappa shape index (κ2) is 14.2. The van der Waals surface area contributed by atoms with E-state index in [1.165, 1.54) is 25.2 Å². The van der Waals surface area contributed by atoms with Crippen LogP contribution in [0.25, 0.3) is 0 Å². The summed E-state index contributed by atoms with van der Waals surface area (Å²) >= 11 is 0. The normalized spacial score (nSPS) is 18.8. The first-order chi connectivity index (χ1) is 19.3. The van der Waals surface area contributed by atoms with E-state index in [1.807, 2.05) is 11.8 Å². The molecule has 0 aliphatic carbocycles. The minimum Gasteiger partial charge on any atom is -0.493 e. The average Bonchev–Trinajstić information content (AvgIpc) is 3.42. The number of likely N-dealkylation sites (N-methyl/N-ethyl adjacent to an activating group) is 1. The molecule has 0 amide bonds. The van der Waals surface area contributed by atoms with Crippen molar-refractivity contribution in [2.24, 2.45) is 0 Å². The fraction of sp³-hybridized carbons (Fsp3) is 0.613. The largest absolute Gasteiger partial charge is 0.493 e. The van der Waals surface area contributed by atoms with E-state index in [2.05, 4.69) is 29.4 Å². The number of rotatable bonds is 14. The summed E-state index contributed by atoms with van der Waals surface area (Å²) in [5.74, 6) is -0.550. The highest BCUT2D eigenvalue weighted by molar-refractivity contribution is 5.77. The summed E-state index contributed by atoms with van der Waals surface area (Å²) in [6.07, 6.45) is 7.43. The minimum absolute atomic E-state index is 0.00164. The van der Waals surface area contributed by atoms with Crippen molar-refractivity contribution >= 4 is 11.8 Å². The fourth-order valence-electron chi connectivity index (χ4n) is 6.07. The number of halogens is 1. The Bertz CT molecular complexity index is 1150. The van der Waals surface area contributed by atoms with Crippen molar-refractivity contribution in [3.05, 3.63) is 52.5 Å². The van der Waals surface area contributed by atoms with Gasteiger partial charge in [-0.25, -0.2) is 9.37 Å². The van der Waals surface area contributed by atoms with Crippen LogP contribution >= 0.6 is 0 Å². The lowest BCUT2D eigenvalue weighted by Gasteiger charge is -2.29. The van der Waals surface area contributed by atoms with Crippen molar-refractivity contribution < 1.29 is 23.8 Å². The Kier molecular flexibility index (Phi) is 10.8. The van der Waals surface area contributed by atoms with Gasteiger partial charge < -0.3 is 24.8 Å². The number of methoxy groups -OCH3 is 2. The van der Waals surface area contributed by atoms with Crippen molar-refractivity contribution in [1.82, 2.24) is 14.8 Å². The number of likely N-dealkylation sites (tertiary alicyclic amines) is 1. The molecule has 0 saturated carbocycles. The smallest absolute Gasteiger partial charge is 0.325 e. The standard InChI is InChI=1S/C31H45FN4O4/c1-21(20-39-3)23-17-26(29(40-4)27(32)18-23)28(31(37)38)36-16-13-25(19-36)35(2)15-7-5-6-10-24-12-11-22-9-8-14-33-30(22)34-24/h11-12,17-18,21,25,28H,5-10,13-16,19-20H2,1-4H3,(H,33,34)(H,37,38)/t21-,25-,28+/m1/s1. The number of aryl methyl sites for hydroxylation is 2. The third kappa shape index (κ3) is 7.30. The molecule has 3 atom stereocenters. The zero-order valence-electron chi connectivity index (χ0n) is 24.4. The zero-order chi connectivity index (χ0) is 28.6. The number of hydrogen-bond donors (Lipinski definition) is 2. The van der Waals surface area contributed by atoms with Crippen LogP contribution < -0.4 is 10.1 Å². The second-order valence-corrected chi connectivity index (χ2v) is 11.3. The molecule has 2 aliphatic rings. The number of aromatic nitrogens is 1. The lowest BCUT2D eigenvalue weighted by atomic mass is 9.95. The molecule has 2 aromatic rings. The lowest BCUT2D eigenvalue weighted by molar-refractivity contribution is -0.143. The predicted molar refractivity (Wildman–Crippen MR) is 155 cm³/mol. The van der Waals surface area contributed by atoms with Crippen LogP contribution in [-0.2, 0) is 22.4 Å². The van der Waals surface area contributed by atoms with Crippen LogP contribution in [0.4, 0.5) is 10.2 Å². The molecule has 0 radical (unpaired) electrons. The Balaban J connectivity index is 1.31. The average molecular weight is 557 g/mol. The maximum atomic E-state index is 15.0. The van der Waals surface area contributed by atoms with Crippen molar-refractivity contribution in [2.45, 2.75) is 69.9 Å². The van der Waals surface area contributed by atoms with Gasteiger partial charge in [0.05, 0.1) is 13.7 Å². The zero-order valence-corrected chi connectivity index (χ0v) is 24.4. The van der Waals surface area contributed by atoms with Gasteiger partial charge in [-0.05, 0) is 81.4 Å². The molecule has 2 aliphatic heterocycles. The molecular formula is C31H45FN4O4. The molecule has 9 heteroatoms. The van der Waals surface area contributed by atoms with Crippen molar-refractivity contribution in [1.29, 1.82) is 0 Å². The number of hydrogen-bond acceptors (Lipinski definition) is 7. The monoisotopic (exact) mass is 556 g/mol. The molecule has 1 aromatic carbocycles. The molecule has 1 aromatic heterocycles. The van der Waals surface area contributed by atoms with Gasteiger partial charge in [-0.15, -0.1) is 0 Å². The van der Waals surface area contributed by atoms with Gasteiger partial charge >= 0.3 is 5.97 Å². The van der Waals surface area contributed by atoms with Gasteiger partial charge in [-0.1, -0.05) is 19.4 Å². The molecule has 4 rings (SSSR count). The summed E-state index contributed by atoms with van der Waals surface area (Å²) < 4.78 is 25.6. The minimum atomic E-state index is -0.997. The number of carboxylic acid groups (broad SMARTS) is 1. The van der Waals surface area contributed by atoms with E-state index in [9.17, 15) is 9.90 Å². The lowest BCUT2D eigenvalue weighted by Crippen LogP contribution is -2.38. The summed E-state index contributed by atoms with van der Waals surface area (Å²) in [7, 11) is 5.11. The van der Waals surface area contributed by atoms with Crippen LogP contribution in [0.1, 0.15) is 73.4 Å². The Labute approximate surface area is 237 Å². The summed E-state index contributed by atoms with van der Waals surface area (Å²) in [6.45, 7) is 5.56. The molecule has 220 valence electrons. The number of aliphatic carboxylic acids is 1. The quantitative estimate of drug-likeness (QED) is 0.319. The third-order valence-electron chi connectivity index (χ3n) is 8.39. The van der Waals surface area contributed by atoms with Crippen LogP contribution in [0.2, 0.25) is 0 Å². The number of carbonyl (C=O) groups is 1.